The smallest absolute Gasteiger partial charge is 0.222 e. The normalized spacial score (nSPS) is 17.4. The van der Waals surface area contributed by atoms with Gasteiger partial charge in [0.05, 0.1) is 12.3 Å². The number of piperazine rings is 2. The molecule has 2 fully saturated rings. The van der Waals surface area contributed by atoms with Crippen LogP contribution < -0.4 is 14.5 Å². The monoisotopic (exact) mass is 450 g/mol. The summed E-state index contributed by atoms with van der Waals surface area (Å²) < 4.78 is 6.12. The second-order valence-corrected chi connectivity index (χ2v) is 9.30. The van der Waals surface area contributed by atoms with Crippen LogP contribution in [0.3, 0.4) is 0 Å². The molecule has 6 nitrogen and oxygen atoms in total. The van der Waals surface area contributed by atoms with Gasteiger partial charge in [-0.05, 0) is 56.6 Å². The van der Waals surface area contributed by atoms with Crippen LogP contribution in [0.2, 0.25) is 0 Å². The number of hydrogen-bond acceptors (Lipinski definition) is 5. The predicted octanol–water partition coefficient (Wildman–Crippen LogP) is 3.56. The summed E-state index contributed by atoms with van der Waals surface area (Å²) in [7, 11) is 2.17. The molecular formula is C27H38N4O2. The SMILES string of the molecule is Cc1cccc(N2CCN(C(=O)CCCOc3ccccc3N3CCN(C)CC3)CC2)c1C. The second-order valence-electron chi connectivity index (χ2n) is 9.30. The van der Waals surface area contributed by atoms with Gasteiger partial charge in [-0.2, -0.15) is 0 Å². The average molecular weight is 451 g/mol. The summed E-state index contributed by atoms with van der Waals surface area (Å²) in [4.78, 5) is 21.9. The van der Waals surface area contributed by atoms with Crippen molar-refractivity contribution in [2.75, 3.05) is 75.8 Å². The minimum absolute atomic E-state index is 0.242. The Morgan fingerprint density at radius 2 is 1.45 bits per heavy atom. The van der Waals surface area contributed by atoms with Gasteiger partial charge in [0, 0.05) is 64.5 Å². The van der Waals surface area contributed by atoms with Gasteiger partial charge >= 0.3 is 0 Å². The standard InChI is InChI=1S/C27H38N4O2/c1-22-8-6-10-24(23(22)2)29-17-19-31(20-18-29)27(32)12-7-21-33-26-11-5-4-9-25(26)30-15-13-28(3)14-16-30/h4-6,8-11H,7,12-21H2,1-3H3. The molecule has 2 aliphatic rings. The molecule has 2 saturated heterocycles. The average Bonchev–Trinajstić information content (AvgIpc) is 2.84. The van der Waals surface area contributed by atoms with Crippen LogP contribution in [-0.2, 0) is 4.79 Å². The van der Waals surface area contributed by atoms with E-state index in [1.54, 1.807) is 0 Å². The van der Waals surface area contributed by atoms with Crippen molar-refractivity contribution in [1.82, 2.24) is 9.80 Å². The van der Waals surface area contributed by atoms with Gasteiger partial charge in [0.1, 0.15) is 5.75 Å². The summed E-state index contributed by atoms with van der Waals surface area (Å²) in [5.41, 5.74) is 5.13. The van der Waals surface area contributed by atoms with E-state index in [4.69, 9.17) is 4.74 Å². The van der Waals surface area contributed by atoms with E-state index in [0.717, 1.165) is 64.5 Å². The maximum absolute atomic E-state index is 12.8. The van der Waals surface area contributed by atoms with Crippen molar-refractivity contribution in [3.8, 4) is 5.75 Å². The fraction of sp³-hybridized carbons (Fsp3) is 0.519. The number of nitrogens with zero attached hydrogens (tertiary/aromatic N) is 4. The number of anilines is 2. The highest BCUT2D eigenvalue weighted by molar-refractivity contribution is 5.76. The Balaban J connectivity index is 1.21. The van der Waals surface area contributed by atoms with E-state index < -0.39 is 0 Å². The van der Waals surface area contributed by atoms with Gasteiger partial charge in [0.15, 0.2) is 0 Å². The first-order valence-electron chi connectivity index (χ1n) is 12.3. The molecule has 0 unspecified atom stereocenters. The Hall–Kier alpha value is -2.73. The lowest BCUT2D eigenvalue weighted by atomic mass is 10.1. The number of carbonyl (C=O) groups excluding carboxylic acids is 1. The number of likely N-dealkylation sites (N-methyl/N-ethyl adjacent to an activating group) is 1. The van der Waals surface area contributed by atoms with Crippen molar-refractivity contribution in [3.63, 3.8) is 0 Å². The summed E-state index contributed by atoms with van der Waals surface area (Å²) in [5, 5.41) is 0. The number of benzene rings is 2. The minimum atomic E-state index is 0.242. The molecule has 2 heterocycles. The highest BCUT2D eigenvalue weighted by Crippen LogP contribution is 2.29. The first-order chi connectivity index (χ1) is 16.0. The molecule has 2 aromatic carbocycles. The first-order valence-corrected chi connectivity index (χ1v) is 12.3. The lowest BCUT2D eigenvalue weighted by Crippen LogP contribution is -2.49. The number of hydrogen-bond donors (Lipinski definition) is 0. The third kappa shape index (κ3) is 5.80. The zero-order chi connectivity index (χ0) is 23.2. The summed E-state index contributed by atoms with van der Waals surface area (Å²) in [5.74, 6) is 1.17. The molecule has 0 aromatic heterocycles. The van der Waals surface area contributed by atoms with Gasteiger partial charge in [0.25, 0.3) is 0 Å². The largest absolute Gasteiger partial charge is 0.491 e. The zero-order valence-corrected chi connectivity index (χ0v) is 20.4. The Morgan fingerprint density at radius 1 is 0.818 bits per heavy atom. The van der Waals surface area contributed by atoms with Crippen molar-refractivity contribution in [3.05, 3.63) is 53.6 Å². The molecule has 0 saturated carbocycles. The highest BCUT2D eigenvalue weighted by Gasteiger charge is 2.22. The van der Waals surface area contributed by atoms with Crippen LogP contribution in [0.5, 0.6) is 5.75 Å². The number of rotatable bonds is 7. The molecular weight excluding hydrogens is 412 g/mol. The minimum Gasteiger partial charge on any atom is -0.491 e. The summed E-state index contributed by atoms with van der Waals surface area (Å²) in [6.45, 7) is 12.5. The number of carbonyl (C=O) groups is 1. The quantitative estimate of drug-likeness (QED) is 0.603. The van der Waals surface area contributed by atoms with E-state index in [1.165, 1.54) is 22.5 Å². The Morgan fingerprint density at radius 3 is 2.21 bits per heavy atom. The fourth-order valence-corrected chi connectivity index (χ4v) is 4.73. The van der Waals surface area contributed by atoms with E-state index >= 15 is 0 Å². The lowest BCUT2D eigenvalue weighted by molar-refractivity contribution is -0.131. The molecule has 2 aliphatic heterocycles. The van der Waals surface area contributed by atoms with E-state index in [2.05, 4.69) is 65.9 Å². The molecule has 0 radical (unpaired) electrons. The molecule has 0 aliphatic carbocycles. The molecule has 178 valence electrons. The maximum Gasteiger partial charge on any atom is 0.222 e. The molecule has 0 spiro atoms. The summed E-state index contributed by atoms with van der Waals surface area (Å²) >= 11 is 0. The van der Waals surface area contributed by atoms with E-state index in [-0.39, 0.29) is 5.91 Å². The molecule has 2 aromatic rings. The van der Waals surface area contributed by atoms with Crippen LogP contribution in [0.1, 0.15) is 24.0 Å². The molecule has 0 N–H and O–H groups in total. The lowest BCUT2D eigenvalue weighted by Gasteiger charge is -2.37. The zero-order valence-electron chi connectivity index (χ0n) is 20.4. The van der Waals surface area contributed by atoms with Crippen molar-refractivity contribution < 1.29 is 9.53 Å². The first kappa shape index (κ1) is 23.4. The second kappa shape index (κ2) is 10.9. The molecule has 33 heavy (non-hydrogen) atoms. The van der Waals surface area contributed by atoms with Crippen LogP contribution >= 0.6 is 0 Å². The van der Waals surface area contributed by atoms with Gasteiger partial charge in [0.2, 0.25) is 5.91 Å². The number of aryl methyl sites for hydroxylation is 1. The summed E-state index contributed by atoms with van der Waals surface area (Å²) in [6.07, 6.45) is 1.28. The van der Waals surface area contributed by atoms with E-state index in [1.807, 2.05) is 17.0 Å². The van der Waals surface area contributed by atoms with Crippen LogP contribution in [-0.4, -0.2) is 81.7 Å². The molecule has 6 heteroatoms. The van der Waals surface area contributed by atoms with Crippen molar-refractivity contribution in [2.45, 2.75) is 26.7 Å². The number of amides is 1. The van der Waals surface area contributed by atoms with Gasteiger partial charge in [-0.25, -0.2) is 0 Å². The van der Waals surface area contributed by atoms with Crippen LogP contribution in [0.25, 0.3) is 0 Å². The Bertz CT molecular complexity index is 931. The van der Waals surface area contributed by atoms with Crippen LogP contribution in [0.4, 0.5) is 11.4 Å². The third-order valence-corrected chi connectivity index (χ3v) is 7.05. The Kier molecular flexibility index (Phi) is 7.76. The third-order valence-electron chi connectivity index (χ3n) is 7.05. The van der Waals surface area contributed by atoms with Crippen LogP contribution in [0, 0.1) is 13.8 Å². The van der Waals surface area contributed by atoms with Gasteiger partial charge < -0.3 is 24.3 Å². The van der Waals surface area contributed by atoms with Crippen molar-refractivity contribution in [1.29, 1.82) is 0 Å². The molecule has 0 atom stereocenters. The molecule has 1 amide bonds. The fourth-order valence-electron chi connectivity index (χ4n) is 4.73. The predicted molar refractivity (Wildman–Crippen MR) is 136 cm³/mol. The number of ether oxygens (including phenoxy) is 1. The van der Waals surface area contributed by atoms with Crippen molar-refractivity contribution >= 4 is 17.3 Å². The van der Waals surface area contributed by atoms with Gasteiger partial charge in [-0.15, -0.1) is 0 Å². The van der Waals surface area contributed by atoms with Gasteiger partial charge in [-0.1, -0.05) is 24.3 Å². The maximum atomic E-state index is 12.8. The van der Waals surface area contributed by atoms with E-state index in [9.17, 15) is 4.79 Å². The Labute approximate surface area is 198 Å². The summed E-state index contributed by atoms with van der Waals surface area (Å²) in [6, 6.07) is 14.7. The topological polar surface area (TPSA) is 39.3 Å². The molecule has 0 bridgehead atoms. The van der Waals surface area contributed by atoms with Gasteiger partial charge in [-0.3, -0.25) is 4.79 Å². The highest BCUT2D eigenvalue weighted by atomic mass is 16.5. The molecule has 4 rings (SSSR count). The van der Waals surface area contributed by atoms with Crippen LogP contribution in [0.15, 0.2) is 42.5 Å². The number of para-hydroxylation sites is 2. The van der Waals surface area contributed by atoms with Crippen molar-refractivity contribution in [2.24, 2.45) is 0 Å². The van der Waals surface area contributed by atoms with E-state index in [0.29, 0.717) is 13.0 Å².